The molecule has 0 radical (unpaired) electrons. The summed E-state index contributed by atoms with van der Waals surface area (Å²) in [6.07, 6.45) is 4.76. The van der Waals surface area contributed by atoms with Crippen molar-refractivity contribution in [3.05, 3.63) is 61.2 Å². The molecule has 3 aliphatic rings. The van der Waals surface area contributed by atoms with Crippen LogP contribution >= 0.6 is 0 Å². The molecular formula is C38H55N3O7. The van der Waals surface area contributed by atoms with Crippen LogP contribution in [0.2, 0.25) is 0 Å². The molecule has 4 rings (SSSR count). The number of ether oxygens (including phenoxy) is 2. The van der Waals surface area contributed by atoms with Crippen LogP contribution in [-0.2, 0) is 28.7 Å². The third-order valence-corrected chi connectivity index (χ3v) is 10.1. The zero-order chi connectivity index (χ0) is 35.4. The largest absolute Gasteiger partial charge is 0.455 e. The van der Waals surface area contributed by atoms with Crippen LogP contribution in [0, 0.1) is 17.3 Å². The Morgan fingerprint density at radius 1 is 1.17 bits per heavy atom. The molecule has 264 valence electrons. The highest BCUT2D eigenvalue weighted by molar-refractivity contribution is 5.98. The van der Waals surface area contributed by atoms with Crippen LogP contribution in [0.1, 0.15) is 91.7 Å². The number of aliphatic hydroxyl groups excluding tert-OH is 1. The number of fused-ring (bicyclic) bond motifs is 1. The van der Waals surface area contributed by atoms with Gasteiger partial charge >= 0.3 is 5.97 Å². The Labute approximate surface area is 285 Å². The maximum atomic E-state index is 14.9. The fourth-order valence-corrected chi connectivity index (χ4v) is 8.39. The van der Waals surface area contributed by atoms with Gasteiger partial charge in [0.2, 0.25) is 17.7 Å². The lowest BCUT2D eigenvalue weighted by Gasteiger charge is -2.46. The summed E-state index contributed by atoms with van der Waals surface area (Å²) < 4.78 is 12.8. The molecule has 1 aromatic rings. The van der Waals surface area contributed by atoms with Gasteiger partial charge in [0.15, 0.2) is 0 Å². The normalized spacial score (nSPS) is 26.1. The van der Waals surface area contributed by atoms with Crippen molar-refractivity contribution < 1.29 is 33.8 Å². The van der Waals surface area contributed by atoms with Gasteiger partial charge in [-0.15, -0.1) is 13.2 Å². The van der Waals surface area contributed by atoms with Gasteiger partial charge in [-0.25, -0.2) is 0 Å². The summed E-state index contributed by atoms with van der Waals surface area (Å²) in [7, 11) is 0. The van der Waals surface area contributed by atoms with Crippen molar-refractivity contribution in [2.45, 2.75) is 115 Å². The number of esters is 1. The van der Waals surface area contributed by atoms with Gasteiger partial charge in [-0.05, 0) is 56.9 Å². The lowest BCUT2D eigenvalue weighted by atomic mass is 9.70. The van der Waals surface area contributed by atoms with Gasteiger partial charge in [0.05, 0.1) is 37.1 Å². The molecule has 3 aliphatic heterocycles. The predicted octanol–water partition coefficient (Wildman–Crippen LogP) is 4.73. The zero-order valence-corrected chi connectivity index (χ0v) is 29.6. The first-order chi connectivity index (χ1) is 22.7. The van der Waals surface area contributed by atoms with E-state index in [-0.39, 0.29) is 49.3 Å². The van der Waals surface area contributed by atoms with E-state index in [9.17, 15) is 24.3 Å². The molecule has 48 heavy (non-hydrogen) atoms. The Kier molecular flexibility index (Phi) is 11.6. The van der Waals surface area contributed by atoms with Crippen molar-refractivity contribution in [1.29, 1.82) is 0 Å². The fourth-order valence-electron chi connectivity index (χ4n) is 8.39. The molecule has 3 heterocycles. The topological polar surface area (TPSA) is 125 Å². The predicted molar refractivity (Wildman–Crippen MR) is 183 cm³/mol. The fraction of sp³-hybridized carbons (Fsp3) is 0.632. The Morgan fingerprint density at radius 3 is 2.44 bits per heavy atom. The van der Waals surface area contributed by atoms with Crippen LogP contribution < -0.4 is 5.32 Å². The van der Waals surface area contributed by atoms with Gasteiger partial charge < -0.3 is 29.7 Å². The van der Waals surface area contributed by atoms with Gasteiger partial charge in [0, 0.05) is 18.5 Å². The van der Waals surface area contributed by atoms with Crippen molar-refractivity contribution >= 4 is 23.7 Å². The number of hydrogen-bond donors (Lipinski definition) is 2. The summed E-state index contributed by atoms with van der Waals surface area (Å²) in [4.78, 5) is 59.4. The summed E-state index contributed by atoms with van der Waals surface area (Å²) in [6, 6.07) is 7.50. The molecule has 0 saturated carbocycles. The molecule has 0 aliphatic carbocycles. The number of likely N-dealkylation sites (tertiary alicyclic amines) is 1. The molecule has 3 fully saturated rings. The number of nitrogens with zero attached hydrogens (tertiary/aromatic N) is 2. The highest BCUT2D eigenvalue weighted by Gasteiger charge is 2.76. The number of nitrogens with one attached hydrogen (secondary N) is 1. The van der Waals surface area contributed by atoms with Crippen LogP contribution in [-0.4, -0.2) is 87.6 Å². The highest BCUT2D eigenvalue weighted by atomic mass is 16.6. The summed E-state index contributed by atoms with van der Waals surface area (Å²) in [5, 5.41) is 13.3. The molecule has 10 nitrogen and oxygen atoms in total. The minimum atomic E-state index is -1.25. The van der Waals surface area contributed by atoms with Crippen LogP contribution in [0.25, 0.3) is 0 Å². The maximum absolute atomic E-state index is 14.9. The second kappa shape index (κ2) is 14.9. The molecule has 3 amide bonds. The number of hydrogen-bond acceptors (Lipinski definition) is 7. The van der Waals surface area contributed by atoms with Crippen molar-refractivity contribution in [2.24, 2.45) is 17.3 Å². The van der Waals surface area contributed by atoms with Gasteiger partial charge in [-0.1, -0.05) is 70.2 Å². The lowest BCUT2D eigenvalue weighted by Crippen LogP contribution is -2.62. The molecule has 7 atom stereocenters. The first kappa shape index (κ1) is 37.3. The zero-order valence-electron chi connectivity index (χ0n) is 29.6. The van der Waals surface area contributed by atoms with Crippen LogP contribution in [0.15, 0.2) is 55.6 Å². The van der Waals surface area contributed by atoms with Crippen molar-refractivity contribution in [3.63, 3.8) is 0 Å². The standard InChI is InChI=1S/C38H55N3O7/c1-9-12-18-29(43)39-22-28(25-16-14-13-15-17-25)47-35(46)30-27-19-20-38(48-27)31(30)33(44)41(26(11-3)23-42)32(38)34(45)40(21-10-2)37(7,8)24-36(4,5)6/h9-10,13-17,26-28,30-32,42H,1-2,11-12,18-24H2,3-8H3,(H,39,43)/t26-,27-,28+,30+,31+,32-,38+/m0/s1. The van der Waals surface area contributed by atoms with E-state index in [1.54, 1.807) is 17.1 Å². The van der Waals surface area contributed by atoms with E-state index < -0.39 is 53.2 Å². The van der Waals surface area contributed by atoms with Crippen molar-refractivity contribution in [2.75, 3.05) is 19.7 Å². The number of aliphatic hydroxyl groups is 1. The SMILES string of the molecule is C=CCCC(=O)NC[C@@H](OC(=O)[C@@H]1[C@@H]2CC[C@]3(O2)[C@H](C(=O)N(CC=C)C(C)(C)CC(C)(C)C)N([C@@H](CC)CO)C(=O)[C@@H]13)c1ccccc1. The minimum absolute atomic E-state index is 0.0583. The third-order valence-electron chi connectivity index (χ3n) is 10.1. The first-order valence-corrected chi connectivity index (χ1v) is 17.3. The molecule has 0 unspecified atom stereocenters. The van der Waals surface area contributed by atoms with E-state index >= 15 is 0 Å². The smallest absolute Gasteiger partial charge is 0.313 e. The van der Waals surface area contributed by atoms with E-state index in [4.69, 9.17) is 9.47 Å². The van der Waals surface area contributed by atoms with Crippen LogP contribution in [0.3, 0.4) is 0 Å². The number of carbonyl (C=O) groups excluding carboxylic acids is 4. The average Bonchev–Trinajstić information content (AvgIpc) is 3.68. The molecule has 0 aromatic heterocycles. The van der Waals surface area contributed by atoms with E-state index in [1.807, 2.05) is 51.1 Å². The van der Waals surface area contributed by atoms with Gasteiger partial charge in [0.1, 0.15) is 17.7 Å². The molecule has 10 heteroatoms. The number of carbonyl (C=O) groups is 4. The summed E-state index contributed by atoms with van der Waals surface area (Å²) in [6.45, 7) is 19.9. The van der Waals surface area contributed by atoms with E-state index in [1.165, 1.54) is 4.90 Å². The Hall–Kier alpha value is -3.50. The molecule has 3 saturated heterocycles. The second-order valence-electron chi connectivity index (χ2n) is 15.3. The molecule has 1 aromatic carbocycles. The van der Waals surface area contributed by atoms with Gasteiger partial charge in [-0.3, -0.25) is 19.2 Å². The molecular weight excluding hydrogens is 610 g/mol. The minimum Gasteiger partial charge on any atom is -0.455 e. The lowest BCUT2D eigenvalue weighted by molar-refractivity contribution is -0.161. The quantitative estimate of drug-likeness (QED) is 0.193. The van der Waals surface area contributed by atoms with Crippen molar-refractivity contribution in [1.82, 2.24) is 15.1 Å². The van der Waals surface area contributed by atoms with Crippen LogP contribution in [0.5, 0.6) is 0 Å². The van der Waals surface area contributed by atoms with E-state index in [0.717, 1.165) is 0 Å². The van der Waals surface area contributed by atoms with E-state index in [0.29, 0.717) is 37.7 Å². The Balaban J connectivity index is 1.70. The second-order valence-corrected chi connectivity index (χ2v) is 15.3. The van der Waals surface area contributed by atoms with Crippen molar-refractivity contribution in [3.8, 4) is 0 Å². The van der Waals surface area contributed by atoms with Gasteiger partial charge in [0.25, 0.3) is 0 Å². The number of allylic oxidation sites excluding steroid dienone is 1. The van der Waals surface area contributed by atoms with E-state index in [2.05, 4.69) is 39.2 Å². The number of rotatable bonds is 16. The average molecular weight is 666 g/mol. The third kappa shape index (κ3) is 7.39. The first-order valence-electron chi connectivity index (χ1n) is 17.3. The monoisotopic (exact) mass is 665 g/mol. The molecule has 2 N–H and O–H groups in total. The Morgan fingerprint density at radius 2 is 1.85 bits per heavy atom. The Bertz CT molecular complexity index is 1350. The highest BCUT2D eigenvalue weighted by Crippen LogP contribution is 2.59. The molecule has 1 spiro atoms. The molecule has 2 bridgehead atoms. The number of amides is 3. The van der Waals surface area contributed by atoms with Gasteiger partial charge in [-0.2, -0.15) is 0 Å². The summed E-state index contributed by atoms with van der Waals surface area (Å²) in [5.74, 6) is -3.33. The summed E-state index contributed by atoms with van der Waals surface area (Å²) >= 11 is 0. The number of benzene rings is 1. The summed E-state index contributed by atoms with van der Waals surface area (Å²) in [5.41, 5.74) is -1.23. The van der Waals surface area contributed by atoms with Crippen LogP contribution in [0.4, 0.5) is 0 Å². The maximum Gasteiger partial charge on any atom is 0.313 e.